The summed E-state index contributed by atoms with van der Waals surface area (Å²) in [5, 5.41) is 12.1. The van der Waals surface area contributed by atoms with Crippen LogP contribution in [0, 0.1) is 10.8 Å². The minimum Gasteiger partial charge on any atom is -0.457 e. The molecule has 0 unspecified atom stereocenters. The number of carbonyl (C=O) groups is 3. The van der Waals surface area contributed by atoms with Crippen LogP contribution in [0.25, 0.3) is 0 Å². The maximum Gasteiger partial charge on any atom is 0.251 e. The second-order valence-corrected chi connectivity index (χ2v) is 11.5. The zero-order valence-electron chi connectivity index (χ0n) is 22.6. The Hall–Kier alpha value is -4.18. The molecule has 1 aliphatic carbocycles. The smallest absolute Gasteiger partial charge is 0.251 e. The number of ether oxygens (including phenoxy) is 1. The molecule has 2 aliphatic rings. The van der Waals surface area contributed by atoms with Crippen molar-refractivity contribution in [1.82, 2.24) is 15.1 Å². The number of hydrogen-bond acceptors (Lipinski definition) is 6. The number of nitrogen functional groups attached to an aromatic ring is 1. The Morgan fingerprint density at radius 3 is 2.45 bits per heavy atom. The van der Waals surface area contributed by atoms with E-state index in [1.807, 2.05) is 36.4 Å². The number of hydrogen-bond donors (Lipinski definition) is 3. The number of para-hydroxylation sites is 1. The number of amidine groups is 1. The van der Waals surface area contributed by atoms with E-state index in [9.17, 15) is 14.4 Å². The lowest BCUT2D eigenvalue weighted by Gasteiger charge is -2.30. The van der Waals surface area contributed by atoms with E-state index in [1.165, 1.54) is 11.3 Å². The van der Waals surface area contributed by atoms with Crippen molar-refractivity contribution in [2.75, 3.05) is 13.6 Å². The van der Waals surface area contributed by atoms with Crippen LogP contribution in [-0.4, -0.2) is 59.0 Å². The maximum atomic E-state index is 13.5. The molecule has 3 atom stereocenters. The van der Waals surface area contributed by atoms with Gasteiger partial charge in [0.25, 0.3) is 5.91 Å². The van der Waals surface area contributed by atoms with E-state index >= 15 is 0 Å². The maximum absolute atomic E-state index is 13.5. The van der Waals surface area contributed by atoms with Gasteiger partial charge in [0.1, 0.15) is 23.4 Å². The van der Waals surface area contributed by atoms with Crippen molar-refractivity contribution in [1.29, 1.82) is 5.41 Å². The number of likely N-dealkylation sites (N-methyl/N-ethyl adjacent to an activating group) is 1. The van der Waals surface area contributed by atoms with Gasteiger partial charge in [-0.15, -0.1) is 11.3 Å². The number of thiophene rings is 1. The predicted molar refractivity (Wildman–Crippen MR) is 153 cm³/mol. The molecular weight excluding hydrogens is 526 g/mol. The average molecular weight is 560 g/mol. The SMILES string of the molecule is CC[C@@]12C[C@@H]1N(C(=O)CNC(=O)c1ccc(Oc3ccccc3)cc1)[C@H](C(=O)N(C)Cc1cc(C(=N)N)cs1)C2. The van der Waals surface area contributed by atoms with Crippen molar-refractivity contribution < 1.29 is 19.1 Å². The molecule has 1 saturated heterocycles. The molecule has 40 heavy (non-hydrogen) atoms. The van der Waals surface area contributed by atoms with Gasteiger partial charge in [0.05, 0.1) is 13.1 Å². The number of fused-ring (bicyclic) bond motifs is 1. The molecule has 2 aromatic carbocycles. The van der Waals surface area contributed by atoms with Crippen LogP contribution in [0.5, 0.6) is 11.5 Å². The summed E-state index contributed by atoms with van der Waals surface area (Å²) in [4.78, 5) is 44.0. The summed E-state index contributed by atoms with van der Waals surface area (Å²) >= 11 is 1.45. The van der Waals surface area contributed by atoms with Crippen molar-refractivity contribution in [3.05, 3.63) is 82.0 Å². The summed E-state index contributed by atoms with van der Waals surface area (Å²) in [5.74, 6) is 0.558. The second kappa shape index (κ2) is 11.1. The van der Waals surface area contributed by atoms with Gasteiger partial charge in [-0.1, -0.05) is 25.1 Å². The Morgan fingerprint density at radius 2 is 1.80 bits per heavy atom. The van der Waals surface area contributed by atoms with E-state index in [1.54, 1.807) is 46.5 Å². The van der Waals surface area contributed by atoms with Gasteiger partial charge in [-0.3, -0.25) is 19.8 Å². The number of amides is 3. The third-order valence-corrected chi connectivity index (χ3v) is 8.85. The molecule has 1 saturated carbocycles. The van der Waals surface area contributed by atoms with Gasteiger partial charge in [0.15, 0.2) is 0 Å². The summed E-state index contributed by atoms with van der Waals surface area (Å²) < 4.78 is 5.78. The van der Waals surface area contributed by atoms with Crippen molar-refractivity contribution in [2.45, 2.75) is 44.8 Å². The zero-order valence-corrected chi connectivity index (χ0v) is 23.4. The first-order valence-corrected chi connectivity index (χ1v) is 14.2. The van der Waals surface area contributed by atoms with Crippen LogP contribution in [0.15, 0.2) is 66.0 Å². The van der Waals surface area contributed by atoms with Gasteiger partial charge in [0.2, 0.25) is 11.8 Å². The summed E-state index contributed by atoms with van der Waals surface area (Å²) in [6, 6.07) is 17.4. The van der Waals surface area contributed by atoms with Crippen molar-refractivity contribution >= 4 is 34.9 Å². The normalized spacial score (nSPS) is 20.9. The molecule has 2 heterocycles. The molecule has 4 N–H and O–H groups in total. The molecule has 1 aromatic heterocycles. The lowest BCUT2D eigenvalue weighted by Crippen LogP contribution is -2.50. The van der Waals surface area contributed by atoms with Gasteiger partial charge in [0, 0.05) is 34.5 Å². The fourth-order valence-corrected chi connectivity index (χ4v) is 6.47. The number of piperidine rings is 1. The first kappa shape index (κ1) is 27.4. The Morgan fingerprint density at radius 1 is 1.10 bits per heavy atom. The third-order valence-electron chi connectivity index (χ3n) is 7.92. The van der Waals surface area contributed by atoms with E-state index < -0.39 is 6.04 Å². The number of carbonyl (C=O) groups excluding carboxylic acids is 3. The quantitative estimate of drug-likeness (QED) is 0.256. The molecule has 5 rings (SSSR count). The van der Waals surface area contributed by atoms with E-state index in [-0.39, 0.29) is 41.6 Å². The lowest BCUT2D eigenvalue weighted by molar-refractivity contribution is -0.144. The molecule has 208 valence electrons. The fraction of sp³-hybridized carbons (Fsp3) is 0.333. The van der Waals surface area contributed by atoms with Crippen LogP contribution >= 0.6 is 11.3 Å². The Balaban J connectivity index is 1.20. The second-order valence-electron chi connectivity index (χ2n) is 10.5. The van der Waals surface area contributed by atoms with Crippen molar-refractivity contribution in [2.24, 2.45) is 11.1 Å². The standard InChI is InChI=1S/C30H33N5O4S/c1-3-30-14-24(29(38)34(2)17-23-13-20(18-40-23)27(31)32)35(25(30)15-30)26(36)16-33-28(37)19-9-11-22(12-10-19)39-21-7-5-4-6-8-21/h4-13,18,24-25H,3,14-17H2,1-2H3,(H3,31,32)(H,33,37)/t24-,25-,30+/m0/s1. The highest BCUT2D eigenvalue weighted by molar-refractivity contribution is 7.10. The third kappa shape index (κ3) is 5.58. The van der Waals surface area contributed by atoms with Crippen LogP contribution in [-0.2, 0) is 16.1 Å². The number of rotatable bonds is 10. The summed E-state index contributed by atoms with van der Waals surface area (Å²) in [5.41, 5.74) is 6.59. The van der Waals surface area contributed by atoms with Crippen LogP contribution in [0.2, 0.25) is 0 Å². The van der Waals surface area contributed by atoms with E-state index in [4.69, 9.17) is 15.9 Å². The molecular formula is C30H33N5O4S. The average Bonchev–Trinajstić information content (AvgIpc) is 3.29. The van der Waals surface area contributed by atoms with Crippen LogP contribution in [0.4, 0.5) is 0 Å². The van der Waals surface area contributed by atoms with E-state index in [0.717, 1.165) is 17.7 Å². The minimum atomic E-state index is -0.560. The first-order chi connectivity index (χ1) is 19.2. The van der Waals surface area contributed by atoms with Gasteiger partial charge < -0.3 is 25.6 Å². The van der Waals surface area contributed by atoms with Gasteiger partial charge in [-0.25, -0.2) is 0 Å². The molecule has 0 bridgehead atoms. The molecule has 2 fully saturated rings. The number of nitrogens with two attached hydrogens (primary N) is 1. The van der Waals surface area contributed by atoms with E-state index in [2.05, 4.69) is 12.2 Å². The highest BCUT2D eigenvalue weighted by atomic mass is 32.1. The number of nitrogens with one attached hydrogen (secondary N) is 2. The Labute approximate surface area is 237 Å². The lowest BCUT2D eigenvalue weighted by atomic mass is 9.96. The van der Waals surface area contributed by atoms with Crippen molar-refractivity contribution in [3.63, 3.8) is 0 Å². The molecule has 1 aliphatic heterocycles. The molecule has 9 nitrogen and oxygen atoms in total. The number of nitrogens with zero attached hydrogens (tertiary/aromatic N) is 2. The Kier molecular flexibility index (Phi) is 7.62. The summed E-state index contributed by atoms with van der Waals surface area (Å²) in [7, 11) is 1.73. The van der Waals surface area contributed by atoms with Gasteiger partial charge in [-0.05, 0) is 67.1 Å². The number of likely N-dealkylation sites (tertiary alicyclic amines) is 1. The monoisotopic (exact) mass is 559 g/mol. The largest absolute Gasteiger partial charge is 0.457 e. The number of benzene rings is 2. The van der Waals surface area contributed by atoms with Crippen molar-refractivity contribution in [3.8, 4) is 11.5 Å². The van der Waals surface area contributed by atoms with Gasteiger partial charge >= 0.3 is 0 Å². The predicted octanol–water partition coefficient (Wildman–Crippen LogP) is 3.98. The Bertz CT molecular complexity index is 1420. The zero-order chi connectivity index (χ0) is 28.4. The van der Waals surface area contributed by atoms with Crippen LogP contribution < -0.4 is 15.8 Å². The molecule has 0 radical (unpaired) electrons. The summed E-state index contributed by atoms with van der Waals surface area (Å²) in [6.07, 6.45) is 2.40. The highest BCUT2D eigenvalue weighted by Crippen LogP contribution is 2.61. The fourth-order valence-electron chi connectivity index (χ4n) is 5.54. The highest BCUT2D eigenvalue weighted by Gasteiger charge is 2.66. The van der Waals surface area contributed by atoms with Gasteiger partial charge in [-0.2, -0.15) is 0 Å². The minimum absolute atomic E-state index is 0.00692. The molecule has 0 spiro atoms. The first-order valence-electron chi connectivity index (χ1n) is 13.3. The van der Waals surface area contributed by atoms with E-state index in [0.29, 0.717) is 35.6 Å². The summed E-state index contributed by atoms with van der Waals surface area (Å²) in [6.45, 7) is 2.29. The van der Waals surface area contributed by atoms with Crippen LogP contribution in [0.3, 0.4) is 0 Å². The van der Waals surface area contributed by atoms with Crippen LogP contribution in [0.1, 0.15) is 47.0 Å². The molecule has 10 heteroatoms. The topological polar surface area (TPSA) is 129 Å². The molecule has 3 aromatic rings. The molecule has 3 amide bonds.